The summed E-state index contributed by atoms with van der Waals surface area (Å²) in [6.45, 7) is -0.217. The first kappa shape index (κ1) is 14.1. The number of carboxylic acid groups (broad SMARTS) is 1. The van der Waals surface area contributed by atoms with Crippen molar-refractivity contribution in [1.82, 2.24) is 0 Å². The first-order valence-electron chi connectivity index (χ1n) is 5.86. The van der Waals surface area contributed by atoms with Crippen molar-refractivity contribution in [3.05, 3.63) is 54.6 Å². The van der Waals surface area contributed by atoms with Crippen LogP contribution < -0.4 is 5.32 Å². The molecule has 0 aliphatic carbocycles. The maximum Gasteiger partial charge on any atom is 0.322 e. The highest BCUT2D eigenvalue weighted by Crippen LogP contribution is 2.21. The van der Waals surface area contributed by atoms with E-state index in [1.807, 2.05) is 0 Å². The number of carbonyl (C=O) groups is 1. The molecule has 5 nitrogen and oxygen atoms in total. The van der Waals surface area contributed by atoms with Gasteiger partial charge in [-0.2, -0.15) is 0 Å². The molecule has 0 atom stereocenters. The number of carboxylic acids is 1. The number of benzene rings is 2. The maximum absolute atomic E-state index is 12.3. The van der Waals surface area contributed by atoms with Gasteiger partial charge in [-0.3, -0.25) is 4.79 Å². The molecule has 2 aromatic carbocycles. The summed E-state index contributed by atoms with van der Waals surface area (Å²) < 4.78 is 24.6. The Morgan fingerprint density at radius 2 is 1.50 bits per heavy atom. The second-order valence-electron chi connectivity index (χ2n) is 4.09. The molecule has 0 aliphatic heterocycles. The Morgan fingerprint density at radius 3 is 2.05 bits per heavy atom. The molecule has 0 aromatic heterocycles. The van der Waals surface area contributed by atoms with Gasteiger partial charge in [-0.05, 0) is 36.4 Å². The van der Waals surface area contributed by atoms with Crippen molar-refractivity contribution < 1.29 is 18.3 Å². The third-order valence-corrected chi connectivity index (χ3v) is 4.45. The summed E-state index contributed by atoms with van der Waals surface area (Å²) in [5.74, 6) is -0.981. The smallest absolute Gasteiger partial charge is 0.322 e. The second kappa shape index (κ2) is 5.75. The number of hydrogen-bond donors (Lipinski definition) is 2. The Balaban J connectivity index is 2.24. The molecule has 0 fully saturated rings. The van der Waals surface area contributed by atoms with Crippen molar-refractivity contribution in [2.75, 3.05) is 11.9 Å². The Kier molecular flexibility index (Phi) is 4.05. The van der Waals surface area contributed by atoms with E-state index < -0.39 is 15.8 Å². The third-order valence-electron chi connectivity index (χ3n) is 2.66. The van der Waals surface area contributed by atoms with Gasteiger partial charge in [0.2, 0.25) is 9.84 Å². The normalized spacial score (nSPS) is 11.0. The molecule has 0 amide bonds. The van der Waals surface area contributed by atoms with Crippen molar-refractivity contribution in [2.45, 2.75) is 9.79 Å². The van der Waals surface area contributed by atoms with Crippen LogP contribution in [0.15, 0.2) is 64.4 Å². The van der Waals surface area contributed by atoms with Gasteiger partial charge < -0.3 is 10.4 Å². The van der Waals surface area contributed by atoms with E-state index in [-0.39, 0.29) is 16.3 Å². The molecule has 20 heavy (non-hydrogen) atoms. The Hall–Kier alpha value is -2.34. The maximum atomic E-state index is 12.3. The van der Waals surface area contributed by atoms with Crippen LogP contribution in [0.1, 0.15) is 0 Å². The highest BCUT2D eigenvalue weighted by molar-refractivity contribution is 7.91. The molecule has 0 radical (unpaired) electrons. The topological polar surface area (TPSA) is 83.5 Å². The summed E-state index contributed by atoms with van der Waals surface area (Å²) in [4.78, 5) is 10.8. The molecule has 2 rings (SSSR count). The van der Waals surface area contributed by atoms with Gasteiger partial charge in [0.1, 0.15) is 6.54 Å². The first-order valence-corrected chi connectivity index (χ1v) is 7.34. The standard InChI is InChI=1S/C14H13NO4S/c16-14(17)10-15-11-6-8-13(9-7-11)20(18,19)12-4-2-1-3-5-12/h1-9,15H,10H2,(H,16,17). The summed E-state index contributed by atoms with van der Waals surface area (Å²) in [5, 5.41) is 11.2. The van der Waals surface area contributed by atoms with Crippen LogP contribution in [0.25, 0.3) is 0 Å². The van der Waals surface area contributed by atoms with Gasteiger partial charge >= 0.3 is 5.97 Å². The number of aliphatic carboxylic acids is 1. The number of sulfone groups is 1. The van der Waals surface area contributed by atoms with Crippen LogP contribution >= 0.6 is 0 Å². The lowest BCUT2D eigenvalue weighted by molar-refractivity contribution is -0.134. The molecule has 2 N–H and O–H groups in total. The van der Waals surface area contributed by atoms with E-state index in [9.17, 15) is 13.2 Å². The fourth-order valence-corrected chi connectivity index (χ4v) is 2.95. The minimum atomic E-state index is -3.53. The summed E-state index contributed by atoms with van der Waals surface area (Å²) in [6, 6.07) is 14.1. The van der Waals surface area contributed by atoms with E-state index in [0.29, 0.717) is 5.69 Å². The van der Waals surface area contributed by atoms with Crippen LogP contribution in [0, 0.1) is 0 Å². The highest BCUT2D eigenvalue weighted by atomic mass is 32.2. The molecule has 0 heterocycles. The van der Waals surface area contributed by atoms with Crippen molar-refractivity contribution in [3.8, 4) is 0 Å². The van der Waals surface area contributed by atoms with Gasteiger partial charge in [0.25, 0.3) is 0 Å². The minimum absolute atomic E-state index is 0.171. The average molecular weight is 291 g/mol. The molecule has 0 aliphatic rings. The van der Waals surface area contributed by atoms with E-state index in [1.54, 1.807) is 30.3 Å². The van der Waals surface area contributed by atoms with E-state index in [4.69, 9.17) is 5.11 Å². The lowest BCUT2D eigenvalue weighted by Crippen LogP contribution is -2.12. The van der Waals surface area contributed by atoms with Crippen LogP contribution in [0.5, 0.6) is 0 Å². The zero-order chi connectivity index (χ0) is 14.6. The van der Waals surface area contributed by atoms with Gasteiger partial charge in [0.05, 0.1) is 9.79 Å². The molecule has 0 saturated carbocycles. The number of nitrogens with one attached hydrogen (secondary N) is 1. The lowest BCUT2D eigenvalue weighted by Gasteiger charge is -2.07. The first-order chi connectivity index (χ1) is 9.50. The second-order valence-corrected chi connectivity index (χ2v) is 6.04. The van der Waals surface area contributed by atoms with E-state index in [0.717, 1.165) is 0 Å². The molecule has 2 aromatic rings. The van der Waals surface area contributed by atoms with Crippen LogP contribution in [-0.2, 0) is 14.6 Å². The quantitative estimate of drug-likeness (QED) is 0.880. The zero-order valence-electron chi connectivity index (χ0n) is 10.5. The molecular formula is C14H13NO4S. The predicted octanol–water partition coefficient (Wildman–Crippen LogP) is 2.02. The van der Waals surface area contributed by atoms with Gasteiger partial charge in [-0.15, -0.1) is 0 Å². The third kappa shape index (κ3) is 3.16. The monoisotopic (exact) mass is 291 g/mol. The van der Waals surface area contributed by atoms with Crippen molar-refractivity contribution in [1.29, 1.82) is 0 Å². The van der Waals surface area contributed by atoms with Gasteiger partial charge in [0, 0.05) is 5.69 Å². The largest absolute Gasteiger partial charge is 0.480 e. The summed E-state index contributed by atoms with van der Waals surface area (Å²) in [7, 11) is -3.53. The molecule has 6 heteroatoms. The van der Waals surface area contributed by atoms with Gasteiger partial charge in [-0.25, -0.2) is 8.42 Å². The predicted molar refractivity (Wildman–Crippen MR) is 74.5 cm³/mol. The number of rotatable bonds is 5. The van der Waals surface area contributed by atoms with Crippen molar-refractivity contribution in [3.63, 3.8) is 0 Å². The minimum Gasteiger partial charge on any atom is -0.480 e. The molecule has 0 spiro atoms. The number of anilines is 1. The Labute approximate surface area is 116 Å². The van der Waals surface area contributed by atoms with Gasteiger partial charge in [-0.1, -0.05) is 18.2 Å². The Bertz CT molecular complexity index is 694. The van der Waals surface area contributed by atoms with E-state index in [2.05, 4.69) is 5.32 Å². The number of hydrogen-bond acceptors (Lipinski definition) is 4. The van der Waals surface area contributed by atoms with Crippen LogP contribution in [-0.4, -0.2) is 26.0 Å². The fraction of sp³-hybridized carbons (Fsp3) is 0.0714. The lowest BCUT2D eigenvalue weighted by atomic mass is 10.3. The zero-order valence-corrected chi connectivity index (χ0v) is 11.3. The fourth-order valence-electron chi connectivity index (χ4n) is 1.67. The Morgan fingerprint density at radius 1 is 0.950 bits per heavy atom. The molecular weight excluding hydrogens is 278 g/mol. The summed E-state index contributed by atoms with van der Waals surface area (Å²) in [6.07, 6.45) is 0. The molecule has 0 unspecified atom stereocenters. The van der Waals surface area contributed by atoms with Gasteiger partial charge in [0.15, 0.2) is 0 Å². The average Bonchev–Trinajstić information content (AvgIpc) is 2.46. The molecule has 0 saturated heterocycles. The van der Waals surface area contributed by atoms with E-state index in [1.165, 1.54) is 24.3 Å². The van der Waals surface area contributed by atoms with Crippen LogP contribution in [0.4, 0.5) is 5.69 Å². The highest BCUT2D eigenvalue weighted by Gasteiger charge is 2.16. The summed E-state index contributed by atoms with van der Waals surface area (Å²) >= 11 is 0. The summed E-state index contributed by atoms with van der Waals surface area (Å²) in [5.41, 5.74) is 0.555. The van der Waals surface area contributed by atoms with Crippen LogP contribution in [0.2, 0.25) is 0 Å². The van der Waals surface area contributed by atoms with E-state index >= 15 is 0 Å². The molecule has 0 bridgehead atoms. The van der Waals surface area contributed by atoms with Crippen LogP contribution in [0.3, 0.4) is 0 Å². The van der Waals surface area contributed by atoms with Crippen molar-refractivity contribution in [2.24, 2.45) is 0 Å². The molecule has 104 valence electrons. The SMILES string of the molecule is O=C(O)CNc1ccc(S(=O)(=O)c2ccccc2)cc1. The van der Waals surface area contributed by atoms with Crippen molar-refractivity contribution >= 4 is 21.5 Å².